The van der Waals surface area contributed by atoms with Gasteiger partial charge in [-0.2, -0.15) is 24.3 Å². The van der Waals surface area contributed by atoms with Crippen molar-refractivity contribution in [2.75, 3.05) is 0 Å². The zero-order valence-electron chi connectivity index (χ0n) is 9.35. The molecule has 78 valence electrons. The summed E-state index contributed by atoms with van der Waals surface area (Å²) in [6.07, 6.45) is 0. The molecule has 0 nitrogen and oxygen atoms in total. The first-order valence-electron chi connectivity index (χ1n) is 5.15. The van der Waals surface area contributed by atoms with Crippen LogP contribution < -0.4 is 0 Å². The van der Waals surface area contributed by atoms with Gasteiger partial charge >= 0.3 is 26.2 Å². The van der Waals surface area contributed by atoms with E-state index in [0.29, 0.717) is 0 Å². The van der Waals surface area contributed by atoms with E-state index >= 15 is 0 Å². The third-order valence-corrected chi connectivity index (χ3v) is 2.32. The summed E-state index contributed by atoms with van der Waals surface area (Å²) >= 11 is 0. The summed E-state index contributed by atoms with van der Waals surface area (Å²) in [7, 11) is 0. The van der Waals surface area contributed by atoms with Gasteiger partial charge in [-0.1, -0.05) is 13.0 Å². The molecule has 3 aromatic carbocycles. The fourth-order valence-corrected chi connectivity index (χ4v) is 1.63. The van der Waals surface area contributed by atoms with Gasteiger partial charge in [0.1, 0.15) is 0 Å². The Kier molecular flexibility index (Phi) is 5.42. The molecule has 0 heterocycles. The maximum atomic E-state index is 2.20. The zero-order chi connectivity index (χ0) is 10.5. The maximum Gasteiger partial charge on any atom is 2.00 e. The summed E-state index contributed by atoms with van der Waals surface area (Å²) in [5, 5.41) is 2.69. The summed E-state index contributed by atoms with van der Waals surface area (Å²) in [5.74, 6) is 0. The minimum absolute atomic E-state index is 0. The van der Waals surface area contributed by atoms with Crippen LogP contribution in [0, 0.1) is 6.92 Å². The van der Waals surface area contributed by atoms with Gasteiger partial charge in [-0.05, 0) is 0 Å². The van der Waals surface area contributed by atoms with Crippen molar-refractivity contribution in [2.45, 2.75) is 6.92 Å². The molecule has 0 aliphatic carbocycles. The number of fused-ring (bicyclic) bond motifs is 1. The van der Waals surface area contributed by atoms with Crippen LogP contribution in [0.1, 0.15) is 5.56 Å². The van der Waals surface area contributed by atoms with Crippen molar-refractivity contribution in [2.24, 2.45) is 0 Å². The molecule has 0 saturated heterocycles. The SMILES string of the molecule is Cc1cc2ccccc2[cH-]1.[Zr+2].c1cc[cH-]c1. The van der Waals surface area contributed by atoms with E-state index in [-0.39, 0.29) is 26.2 Å². The van der Waals surface area contributed by atoms with Crippen LogP contribution in [-0.2, 0) is 26.2 Å². The van der Waals surface area contributed by atoms with E-state index in [1.807, 2.05) is 30.3 Å². The van der Waals surface area contributed by atoms with Crippen LogP contribution in [-0.4, -0.2) is 0 Å². The van der Waals surface area contributed by atoms with Gasteiger partial charge in [0.15, 0.2) is 0 Å². The molecule has 0 spiro atoms. The quantitative estimate of drug-likeness (QED) is 0.541. The van der Waals surface area contributed by atoms with Gasteiger partial charge < -0.3 is 0 Å². The predicted octanol–water partition coefficient (Wildman–Crippen LogP) is 4.27. The fraction of sp³-hybridized carbons (Fsp3) is 0.0667. The van der Waals surface area contributed by atoms with Crippen LogP contribution in [0.25, 0.3) is 10.8 Å². The van der Waals surface area contributed by atoms with Crippen LogP contribution in [0.5, 0.6) is 0 Å². The predicted molar refractivity (Wildman–Crippen MR) is 66.3 cm³/mol. The molecule has 3 rings (SSSR count). The van der Waals surface area contributed by atoms with Gasteiger partial charge in [0.05, 0.1) is 0 Å². The Hall–Kier alpha value is -0.937. The van der Waals surface area contributed by atoms with Crippen molar-refractivity contribution < 1.29 is 26.2 Å². The molecule has 0 aromatic heterocycles. The minimum Gasteiger partial charge on any atom is -0.214 e. The van der Waals surface area contributed by atoms with Crippen molar-refractivity contribution in [3.63, 3.8) is 0 Å². The Labute approximate surface area is 116 Å². The summed E-state index contributed by atoms with van der Waals surface area (Å²) in [5.41, 5.74) is 1.35. The number of benzene rings is 1. The maximum absolute atomic E-state index is 2.20. The first-order chi connectivity index (χ1) is 7.36. The summed E-state index contributed by atoms with van der Waals surface area (Å²) in [6.45, 7) is 2.12. The number of hydrogen-bond donors (Lipinski definition) is 0. The van der Waals surface area contributed by atoms with Crippen molar-refractivity contribution >= 4 is 10.8 Å². The molecule has 0 aliphatic rings. The fourth-order valence-electron chi connectivity index (χ4n) is 1.63. The van der Waals surface area contributed by atoms with E-state index in [1.165, 1.54) is 16.3 Å². The van der Waals surface area contributed by atoms with E-state index in [1.54, 1.807) is 0 Å². The molecule has 0 atom stereocenters. The molecule has 0 saturated carbocycles. The van der Waals surface area contributed by atoms with Crippen molar-refractivity contribution in [1.82, 2.24) is 0 Å². The van der Waals surface area contributed by atoms with E-state index in [0.717, 1.165) is 0 Å². The number of hydrogen-bond acceptors (Lipinski definition) is 0. The van der Waals surface area contributed by atoms with Crippen LogP contribution in [0.2, 0.25) is 0 Å². The van der Waals surface area contributed by atoms with Crippen molar-refractivity contribution in [1.29, 1.82) is 0 Å². The van der Waals surface area contributed by atoms with Gasteiger partial charge in [-0.15, -0.1) is 40.6 Å². The second kappa shape index (κ2) is 6.60. The van der Waals surface area contributed by atoms with E-state index in [4.69, 9.17) is 0 Å². The van der Waals surface area contributed by atoms with Crippen LogP contribution in [0.15, 0.2) is 66.7 Å². The average Bonchev–Trinajstić information content (AvgIpc) is 2.87. The van der Waals surface area contributed by atoms with Crippen LogP contribution in [0.4, 0.5) is 0 Å². The van der Waals surface area contributed by atoms with E-state index in [2.05, 4.69) is 43.3 Å². The summed E-state index contributed by atoms with van der Waals surface area (Å²) < 4.78 is 0. The normalized spacial score (nSPS) is 9.06. The van der Waals surface area contributed by atoms with E-state index in [9.17, 15) is 0 Å². The number of aryl methyl sites for hydroxylation is 1. The Morgan fingerprint density at radius 2 is 1.62 bits per heavy atom. The number of rotatable bonds is 0. The van der Waals surface area contributed by atoms with Gasteiger partial charge in [0, 0.05) is 0 Å². The standard InChI is InChI=1S/C10H9.C5H5.Zr/c1-8-6-9-4-2-3-5-10(9)7-8;1-2-4-5-3-1;/h2-7H,1H3;1-5H;/q2*-1;+2. The van der Waals surface area contributed by atoms with Crippen molar-refractivity contribution in [3.8, 4) is 0 Å². The van der Waals surface area contributed by atoms with Gasteiger partial charge in [-0.3, -0.25) is 0 Å². The largest absolute Gasteiger partial charge is 2.00 e. The Balaban J connectivity index is 0.000000183. The third-order valence-electron chi connectivity index (χ3n) is 2.32. The molecular weight excluding hydrogens is 271 g/mol. The molecule has 0 unspecified atom stereocenters. The first-order valence-corrected chi connectivity index (χ1v) is 5.15. The van der Waals surface area contributed by atoms with Gasteiger partial charge in [-0.25, -0.2) is 12.1 Å². The molecule has 1 heteroatoms. The molecule has 16 heavy (non-hydrogen) atoms. The van der Waals surface area contributed by atoms with Crippen molar-refractivity contribution in [3.05, 3.63) is 72.3 Å². The van der Waals surface area contributed by atoms with E-state index < -0.39 is 0 Å². The first kappa shape index (κ1) is 13.1. The topological polar surface area (TPSA) is 0 Å². The van der Waals surface area contributed by atoms with Gasteiger partial charge in [0.25, 0.3) is 0 Å². The molecule has 0 aliphatic heterocycles. The average molecular weight is 286 g/mol. The third kappa shape index (κ3) is 3.57. The molecule has 0 N–H and O–H groups in total. The Bertz CT molecular complexity index is 453. The second-order valence-electron chi connectivity index (χ2n) is 3.62. The Morgan fingerprint density at radius 3 is 2.19 bits per heavy atom. The molecule has 0 bridgehead atoms. The zero-order valence-corrected chi connectivity index (χ0v) is 11.8. The smallest absolute Gasteiger partial charge is 0.214 e. The molecule has 0 radical (unpaired) electrons. The molecule has 0 fully saturated rings. The monoisotopic (exact) mass is 284 g/mol. The van der Waals surface area contributed by atoms with Gasteiger partial charge in [0.2, 0.25) is 0 Å². The minimum atomic E-state index is 0. The van der Waals surface area contributed by atoms with Crippen LogP contribution >= 0.6 is 0 Å². The molecule has 0 amide bonds. The molecular formula is C15H14Zr. The summed E-state index contributed by atoms with van der Waals surface area (Å²) in [6, 6.07) is 22.8. The summed E-state index contributed by atoms with van der Waals surface area (Å²) in [4.78, 5) is 0. The molecule has 3 aromatic rings. The van der Waals surface area contributed by atoms with Crippen LogP contribution in [0.3, 0.4) is 0 Å². The Morgan fingerprint density at radius 1 is 0.938 bits per heavy atom. The second-order valence-corrected chi connectivity index (χ2v) is 3.62.